The molecule has 2 rings (SSSR count). The lowest BCUT2D eigenvalue weighted by molar-refractivity contribution is 0.146. The molecular weight excluding hydrogens is 214 g/mol. The van der Waals surface area contributed by atoms with Crippen molar-refractivity contribution in [3.8, 4) is 0 Å². The summed E-state index contributed by atoms with van der Waals surface area (Å²) in [6.07, 6.45) is 6.24. The number of hydrogen-bond acceptors (Lipinski definition) is 3. The Morgan fingerprint density at radius 3 is 2.94 bits per heavy atom. The lowest BCUT2D eigenvalue weighted by Gasteiger charge is -2.32. The van der Waals surface area contributed by atoms with Crippen molar-refractivity contribution in [3.63, 3.8) is 0 Å². The van der Waals surface area contributed by atoms with Gasteiger partial charge in [-0.05, 0) is 30.3 Å². The number of nitrogens with zero attached hydrogens (tertiary/aromatic N) is 3. The lowest BCUT2D eigenvalue weighted by Crippen LogP contribution is -2.25. The molecule has 0 radical (unpaired) electrons. The zero-order valence-electron chi connectivity index (χ0n) is 10.8. The molecule has 1 unspecified atom stereocenters. The van der Waals surface area contributed by atoms with E-state index < -0.39 is 0 Å². The number of aromatic nitrogens is 3. The van der Waals surface area contributed by atoms with Crippen LogP contribution in [0.4, 0.5) is 0 Å². The quantitative estimate of drug-likeness (QED) is 0.874. The second-order valence-corrected chi connectivity index (χ2v) is 5.65. The first kappa shape index (κ1) is 12.3. The highest BCUT2D eigenvalue weighted by Gasteiger charge is 2.29. The predicted molar refractivity (Wildman–Crippen MR) is 67.3 cm³/mol. The predicted octanol–water partition coefficient (Wildman–Crippen LogP) is 2.25. The molecule has 4 nitrogen and oxygen atoms in total. The van der Waals surface area contributed by atoms with Crippen LogP contribution in [0.25, 0.3) is 5.57 Å². The van der Waals surface area contributed by atoms with Gasteiger partial charge in [0.25, 0.3) is 0 Å². The van der Waals surface area contributed by atoms with E-state index >= 15 is 0 Å². The smallest absolute Gasteiger partial charge is 0.0843 e. The van der Waals surface area contributed by atoms with Gasteiger partial charge in [-0.1, -0.05) is 32.1 Å². The molecule has 1 aromatic heterocycles. The molecule has 1 N–H and O–H groups in total. The van der Waals surface area contributed by atoms with Crippen LogP contribution in [-0.4, -0.2) is 26.2 Å². The number of aliphatic hydroxyl groups excluding tert-OH is 1. The van der Waals surface area contributed by atoms with Crippen LogP contribution in [-0.2, 0) is 6.54 Å². The van der Waals surface area contributed by atoms with Crippen LogP contribution >= 0.6 is 0 Å². The van der Waals surface area contributed by atoms with Gasteiger partial charge in [0.05, 0.1) is 18.0 Å². The summed E-state index contributed by atoms with van der Waals surface area (Å²) >= 11 is 0. The molecule has 4 heteroatoms. The van der Waals surface area contributed by atoms with Crippen molar-refractivity contribution < 1.29 is 5.11 Å². The zero-order valence-corrected chi connectivity index (χ0v) is 10.8. The van der Waals surface area contributed by atoms with Crippen LogP contribution in [0.15, 0.2) is 12.3 Å². The van der Waals surface area contributed by atoms with E-state index in [9.17, 15) is 5.11 Å². The minimum Gasteiger partial charge on any atom is -0.389 e. The van der Waals surface area contributed by atoms with E-state index in [0.29, 0.717) is 0 Å². The number of rotatable bonds is 3. The second kappa shape index (κ2) is 4.61. The van der Waals surface area contributed by atoms with Gasteiger partial charge in [0.1, 0.15) is 0 Å². The Morgan fingerprint density at radius 2 is 2.29 bits per heavy atom. The van der Waals surface area contributed by atoms with Crippen molar-refractivity contribution in [2.24, 2.45) is 5.41 Å². The van der Waals surface area contributed by atoms with E-state index in [1.807, 2.05) is 10.8 Å². The van der Waals surface area contributed by atoms with E-state index in [1.165, 1.54) is 5.57 Å². The maximum Gasteiger partial charge on any atom is 0.0843 e. The van der Waals surface area contributed by atoms with Crippen molar-refractivity contribution in [1.29, 1.82) is 0 Å². The zero-order chi connectivity index (χ0) is 12.5. The summed E-state index contributed by atoms with van der Waals surface area (Å²) in [5, 5.41) is 18.0. The highest BCUT2D eigenvalue weighted by molar-refractivity contribution is 5.64. The molecule has 0 aromatic carbocycles. The van der Waals surface area contributed by atoms with Gasteiger partial charge in [-0.2, -0.15) is 0 Å². The fraction of sp³-hybridized carbons (Fsp3) is 0.692. The van der Waals surface area contributed by atoms with Gasteiger partial charge in [0.2, 0.25) is 0 Å². The van der Waals surface area contributed by atoms with Crippen LogP contribution in [0.1, 0.15) is 45.7 Å². The van der Waals surface area contributed by atoms with Gasteiger partial charge in [-0.15, -0.1) is 5.10 Å². The third-order valence-corrected chi connectivity index (χ3v) is 3.21. The van der Waals surface area contributed by atoms with Crippen LogP contribution < -0.4 is 0 Å². The summed E-state index contributed by atoms with van der Waals surface area (Å²) in [4.78, 5) is 0. The molecule has 1 aliphatic rings. The van der Waals surface area contributed by atoms with Crippen molar-refractivity contribution in [2.45, 2.75) is 52.7 Å². The molecule has 0 spiro atoms. The number of aliphatic hydroxyl groups is 1. The summed E-state index contributed by atoms with van der Waals surface area (Å²) < 4.78 is 1.93. The molecule has 0 amide bonds. The van der Waals surface area contributed by atoms with E-state index in [4.69, 9.17) is 0 Å². The van der Waals surface area contributed by atoms with Crippen molar-refractivity contribution >= 4 is 5.57 Å². The fourth-order valence-corrected chi connectivity index (χ4v) is 2.56. The van der Waals surface area contributed by atoms with Gasteiger partial charge in [0.15, 0.2) is 0 Å². The van der Waals surface area contributed by atoms with Crippen LogP contribution in [0.3, 0.4) is 0 Å². The van der Waals surface area contributed by atoms with Crippen LogP contribution in [0, 0.1) is 5.41 Å². The highest BCUT2D eigenvalue weighted by atomic mass is 16.3. The summed E-state index contributed by atoms with van der Waals surface area (Å²) in [5.74, 6) is 0. The Balaban J connectivity index is 2.29. The van der Waals surface area contributed by atoms with Gasteiger partial charge < -0.3 is 5.11 Å². The van der Waals surface area contributed by atoms with Gasteiger partial charge in [-0.3, -0.25) is 0 Å². The standard InChI is InChI=1S/C13H21N3O/c1-4-5-16-12(9-14-15-16)10-6-11(17)8-13(2,3)7-10/h6,9,11,17H,4-5,7-8H2,1-3H3. The Kier molecular flexibility index (Phi) is 3.33. The molecule has 0 fully saturated rings. The third-order valence-electron chi connectivity index (χ3n) is 3.21. The molecule has 0 saturated carbocycles. The topological polar surface area (TPSA) is 50.9 Å². The fourth-order valence-electron chi connectivity index (χ4n) is 2.56. The average Bonchev–Trinajstić information content (AvgIpc) is 2.63. The Bertz CT molecular complexity index is 420. The molecule has 1 atom stereocenters. The van der Waals surface area contributed by atoms with Crippen molar-refractivity contribution in [1.82, 2.24) is 15.0 Å². The van der Waals surface area contributed by atoms with Crippen molar-refractivity contribution in [3.05, 3.63) is 18.0 Å². The molecular formula is C13H21N3O. The van der Waals surface area contributed by atoms with Gasteiger partial charge >= 0.3 is 0 Å². The lowest BCUT2D eigenvalue weighted by atomic mass is 9.75. The van der Waals surface area contributed by atoms with E-state index in [-0.39, 0.29) is 11.5 Å². The minimum absolute atomic E-state index is 0.144. The third kappa shape index (κ3) is 2.75. The number of aryl methyl sites for hydroxylation is 1. The number of hydrogen-bond donors (Lipinski definition) is 1. The summed E-state index contributed by atoms with van der Waals surface area (Å²) in [6, 6.07) is 0. The average molecular weight is 235 g/mol. The second-order valence-electron chi connectivity index (χ2n) is 5.65. The summed E-state index contributed by atoms with van der Waals surface area (Å²) in [5.41, 5.74) is 2.37. The SMILES string of the molecule is CCCn1nncc1C1=CC(O)CC(C)(C)C1. The first-order chi connectivity index (χ1) is 8.02. The van der Waals surface area contributed by atoms with Gasteiger partial charge in [0, 0.05) is 6.54 Å². The summed E-state index contributed by atoms with van der Waals surface area (Å²) in [7, 11) is 0. The van der Waals surface area contributed by atoms with E-state index in [2.05, 4.69) is 31.1 Å². The monoisotopic (exact) mass is 235 g/mol. The molecule has 17 heavy (non-hydrogen) atoms. The van der Waals surface area contributed by atoms with Crippen molar-refractivity contribution in [2.75, 3.05) is 0 Å². The van der Waals surface area contributed by atoms with E-state index in [1.54, 1.807) is 6.20 Å². The maximum atomic E-state index is 9.91. The molecule has 0 bridgehead atoms. The number of allylic oxidation sites excluding steroid dienone is 1. The van der Waals surface area contributed by atoms with Gasteiger partial charge in [-0.25, -0.2) is 4.68 Å². The Hall–Kier alpha value is -1.16. The normalized spacial score (nSPS) is 23.5. The van der Waals surface area contributed by atoms with Crippen LogP contribution in [0.2, 0.25) is 0 Å². The highest BCUT2D eigenvalue weighted by Crippen LogP contribution is 2.39. The molecule has 1 aliphatic carbocycles. The molecule has 94 valence electrons. The molecule has 1 aromatic rings. The van der Waals surface area contributed by atoms with Crippen LogP contribution in [0.5, 0.6) is 0 Å². The Morgan fingerprint density at radius 1 is 1.53 bits per heavy atom. The molecule has 0 aliphatic heterocycles. The summed E-state index contributed by atoms with van der Waals surface area (Å²) in [6.45, 7) is 7.39. The largest absolute Gasteiger partial charge is 0.389 e. The molecule has 1 heterocycles. The maximum absolute atomic E-state index is 9.91. The minimum atomic E-state index is -0.348. The van der Waals surface area contributed by atoms with E-state index in [0.717, 1.165) is 31.5 Å². The first-order valence-electron chi connectivity index (χ1n) is 6.29. The first-order valence-corrected chi connectivity index (χ1v) is 6.29. The molecule has 0 saturated heterocycles. The Labute approximate surface area is 102 Å².